The Morgan fingerprint density at radius 2 is 2.06 bits per heavy atom. The summed E-state index contributed by atoms with van der Waals surface area (Å²) in [6, 6.07) is 2.28. The number of amides is 2. The number of aliphatic hydroxyl groups is 1. The molecule has 0 radical (unpaired) electrons. The van der Waals surface area contributed by atoms with E-state index in [1.165, 1.54) is 11.0 Å². The maximum atomic E-state index is 14.2. The molecule has 0 spiro atoms. The van der Waals surface area contributed by atoms with Crippen LogP contribution in [-0.2, 0) is 19.1 Å². The summed E-state index contributed by atoms with van der Waals surface area (Å²) in [5.74, 6) is -1.56. The largest absolute Gasteiger partial charge is 0.419 e. The highest BCUT2D eigenvalue weighted by atomic mass is 19.4. The van der Waals surface area contributed by atoms with Gasteiger partial charge < -0.3 is 21.1 Å². The fraction of sp³-hybridized carbons (Fsp3) is 0.500. The summed E-state index contributed by atoms with van der Waals surface area (Å²) in [5, 5.41) is 13.0. The van der Waals surface area contributed by atoms with Gasteiger partial charge in [-0.15, -0.1) is 0 Å². The minimum absolute atomic E-state index is 0.0273. The molecule has 33 heavy (non-hydrogen) atoms. The van der Waals surface area contributed by atoms with E-state index < -0.39 is 35.6 Å². The number of alkyl halides is 3. The Bertz CT molecular complexity index is 1060. The van der Waals surface area contributed by atoms with Gasteiger partial charge in [-0.05, 0) is 48.9 Å². The highest BCUT2D eigenvalue weighted by Crippen LogP contribution is 2.35. The zero-order valence-electron chi connectivity index (χ0n) is 18.0. The first-order chi connectivity index (χ1) is 15.5. The highest BCUT2D eigenvalue weighted by Gasteiger charge is 2.35. The SMILES string of the molecule is C[C@H](c1ccc(C(F)(F)F)c(F)c1)c1nc(N[C@H]2CC[C@H](O)C2)nc2c1CCN(C(N)=O)C2. The van der Waals surface area contributed by atoms with Crippen LogP contribution in [0, 0.1) is 5.82 Å². The molecule has 1 aromatic carbocycles. The van der Waals surface area contributed by atoms with Gasteiger partial charge in [-0.1, -0.05) is 13.0 Å². The molecule has 3 atom stereocenters. The number of carbonyl (C=O) groups is 1. The second-order valence-corrected chi connectivity index (χ2v) is 8.63. The van der Waals surface area contributed by atoms with Crippen molar-refractivity contribution in [3.63, 3.8) is 0 Å². The number of hydrogen-bond acceptors (Lipinski definition) is 5. The predicted octanol–water partition coefficient (Wildman–Crippen LogP) is 3.55. The van der Waals surface area contributed by atoms with Crippen molar-refractivity contribution in [3.8, 4) is 0 Å². The molecule has 1 aromatic heterocycles. The first kappa shape index (κ1) is 23.2. The molecular formula is C22H25F4N5O2. The number of aliphatic hydroxyl groups excluding tert-OH is 1. The molecule has 2 amide bonds. The molecular weight excluding hydrogens is 442 g/mol. The van der Waals surface area contributed by atoms with Gasteiger partial charge in [0.15, 0.2) is 0 Å². The molecule has 1 aliphatic carbocycles. The van der Waals surface area contributed by atoms with E-state index in [0.717, 1.165) is 24.1 Å². The lowest BCUT2D eigenvalue weighted by molar-refractivity contribution is -0.140. The van der Waals surface area contributed by atoms with Gasteiger partial charge in [-0.2, -0.15) is 13.2 Å². The minimum atomic E-state index is -4.78. The van der Waals surface area contributed by atoms with Gasteiger partial charge in [0.25, 0.3) is 0 Å². The maximum absolute atomic E-state index is 14.2. The fourth-order valence-electron chi connectivity index (χ4n) is 4.53. The third kappa shape index (κ3) is 4.87. The Morgan fingerprint density at radius 3 is 2.67 bits per heavy atom. The summed E-state index contributed by atoms with van der Waals surface area (Å²) >= 11 is 0. The van der Waals surface area contributed by atoms with Crippen molar-refractivity contribution in [1.82, 2.24) is 14.9 Å². The number of primary amides is 1. The number of urea groups is 1. The first-order valence-corrected chi connectivity index (χ1v) is 10.8. The monoisotopic (exact) mass is 467 g/mol. The van der Waals surface area contributed by atoms with E-state index in [4.69, 9.17) is 5.73 Å². The number of hydrogen-bond donors (Lipinski definition) is 3. The standard InChI is InChI=1S/C22H25F4N5O2/c1-11(12-2-5-16(17(23)8-12)22(24,25)26)19-15-6-7-31(20(27)33)10-18(15)29-21(30-19)28-13-3-4-14(32)9-13/h2,5,8,11,13-14,32H,3-4,6-7,9-10H2,1H3,(H2,27,33)(H,28,29,30)/t11-,13+,14+/m1/s1. The van der Waals surface area contributed by atoms with Crippen molar-refractivity contribution in [3.05, 3.63) is 52.1 Å². The van der Waals surface area contributed by atoms with Crippen molar-refractivity contribution >= 4 is 12.0 Å². The molecule has 4 N–H and O–H groups in total. The second kappa shape index (κ2) is 8.77. The lowest BCUT2D eigenvalue weighted by atomic mass is 9.90. The normalized spacial score (nSPS) is 21.6. The van der Waals surface area contributed by atoms with E-state index in [1.807, 2.05) is 0 Å². The zero-order valence-corrected chi connectivity index (χ0v) is 18.0. The molecule has 1 fully saturated rings. The number of benzene rings is 1. The van der Waals surface area contributed by atoms with Crippen LogP contribution in [0.4, 0.5) is 28.3 Å². The fourth-order valence-corrected chi connectivity index (χ4v) is 4.53. The van der Waals surface area contributed by atoms with Crippen LogP contribution in [0.3, 0.4) is 0 Å². The van der Waals surface area contributed by atoms with Crippen molar-refractivity contribution in [2.45, 2.75) is 63.4 Å². The van der Waals surface area contributed by atoms with Crippen LogP contribution < -0.4 is 11.1 Å². The van der Waals surface area contributed by atoms with Gasteiger partial charge in [-0.3, -0.25) is 0 Å². The summed E-state index contributed by atoms with van der Waals surface area (Å²) in [6.07, 6.45) is -2.82. The van der Waals surface area contributed by atoms with Crippen LogP contribution in [0.5, 0.6) is 0 Å². The molecule has 0 saturated heterocycles. The van der Waals surface area contributed by atoms with E-state index in [9.17, 15) is 27.5 Å². The van der Waals surface area contributed by atoms with Gasteiger partial charge in [0.05, 0.1) is 29.6 Å². The number of aromatic nitrogens is 2. The number of carbonyl (C=O) groups excluding carboxylic acids is 1. The topological polar surface area (TPSA) is 104 Å². The summed E-state index contributed by atoms with van der Waals surface area (Å²) < 4.78 is 53.2. The average Bonchev–Trinajstić information content (AvgIpc) is 3.15. The number of anilines is 1. The molecule has 2 aromatic rings. The number of nitrogens with zero attached hydrogens (tertiary/aromatic N) is 3. The van der Waals surface area contributed by atoms with Crippen molar-refractivity contribution in [2.24, 2.45) is 5.73 Å². The summed E-state index contributed by atoms with van der Waals surface area (Å²) in [4.78, 5) is 22.3. The average molecular weight is 467 g/mol. The molecule has 4 rings (SSSR count). The van der Waals surface area contributed by atoms with Gasteiger partial charge in [0, 0.05) is 18.5 Å². The Kier molecular flexibility index (Phi) is 6.17. The molecule has 11 heteroatoms. The van der Waals surface area contributed by atoms with Crippen LogP contribution in [0.2, 0.25) is 0 Å². The third-order valence-corrected chi connectivity index (χ3v) is 6.36. The van der Waals surface area contributed by atoms with E-state index >= 15 is 0 Å². The summed E-state index contributed by atoms with van der Waals surface area (Å²) in [6.45, 7) is 2.28. The highest BCUT2D eigenvalue weighted by molar-refractivity contribution is 5.72. The van der Waals surface area contributed by atoms with Crippen LogP contribution in [0.25, 0.3) is 0 Å². The Hall–Kier alpha value is -2.95. The predicted molar refractivity (Wildman–Crippen MR) is 112 cm³/mol. The van der Waals surface area contributed by atoms with Crippen molar-refractivity contribution < 1.29 is 27.5 Å². The van der Waals surface area contributed by atoms with Crippen LogP contribution in [0.15, 0.2) is 18.2 Å². The van der Waals surface area contributed by atoms with E-state index in [2.05, 4.69) is 15.3 Å². The van der Waals surface area contributed by atoms with Gasteiger partial charge in [-0.25, -0.2) is 19.2 Å². The van der Waals surface area contributed by atoms with Crippen LogP contribution in [-0.4, -0.2) is 44.7 Å². The Labute approximate surface area is 188 Å². The Morgan fingerprint density at radius 1 is 1.30 bits per heavy atom. The van der Waals surface area contributed by atoms with Crippen molar-refractivity contribution in [1.29, 1.82) is 0 Å². The number of fused-ring (bicyclic) bond motifs is 1. The van der Waals surface area contributed by atoms with Gasteiger partial charge >= 0.3 is 12.2 Å². The van der Waals surface area contributed by atoms with E-state index in [0.29, 0.717) is 48.7 Å². The lowest BCUT2D eigenvalue weighted by Crippen LogP contribution is -2.40. The molecule has 1 aliphatic heterocycles. The molecule has 178 valence electrons. The molecule has 0 bridgehead atoms. The molecule has 2 heterocycles. The second-order valence-electron chi connectivity index (χ2n) is 8.63. The van der Waals surface area contributed by atoms with Gasteiger partial charge in [0.1, 0.15) is 5.82 Å². The van der Waals surface area contributed by atoms with Gasteiger partial charge in [0.2, 0.25) is 5.95 Å². The smallest absolute Gasteiger partial charge is 0.393 e. The molecule has 7 nitrogen and oxygen atoms in total. The summed E-state index contributed by atoms with van der Waals surface area (Å²) in [5.41, 5.74) is 6.39. The molecule has 2 aliphatic rings. The number of nitrogens with two attached hydrogens (primary N) is 1. The van der Waals surface area contributed by atoms with E-state index in [-0.39, 0.29) is 12.6 Å². The lowest BCUT2D eigenvalue weighted by Gasteiger charge is -2.30. The molecule has 1 saturated carbocycles. The first-order valence-electron chi connectivity index (χ1n) is 10.8. The summed E-state index contributed by atoms with van der Waals surface area (Å²) in [7, 11) is 0. The minimum Gasteiger partial charge on any atom is -0.393 e. The van der Waals surface area contributed by atoms with Crippen LogP contribution >= 0.6 is 0 Å². The zero-order chi connectivity index (χ0) is 23.9. The van der Waals surface area contributed by atoms with E-state index in [1.54, 1.807) is 6.92 Å². The quantitative estimate of drug-likeness (QED) is 0.597. The maximum Gasteiger partial charge on any atom is 0.419 e. The Balaban J connectivity index is 1.71. The van der Waals surface area contributed by atoms with Crippen LogP contribution in [0.1, 0.15) is 60.2 Å². The third-order valence-electron chi connectivity index (χ3n) is 6.36. The number of halogens is 4. The van der Waals surface area contributed by atoms with Crippen molar-refractivity contribution in [2.75, 3.05) is 11.9 Å². The number of nitrogens with one attached hydrogen (secondary N) is 1. The number of rotatable bonds is 4. The molecule has 0 unspecified atom stereocenters.